The van der Waals surface area contributed by atoms with Gasteiger partial charge in [-0.1, -0.05) is 42.5 Å². The van der Waals surface area contributed by atoms with Crippen molar-refractivity contribution in [1.82, 2.24) is 0 Å². The van der Waals surface area contributed by atoms with Crippen molar-refractivity contribution >= 4 is 21.5 Å². The van der Waals surface area contributed by atoms with Crippen molar-refractivity contribution < 1.29 is 5.11 Å². The number of hydrogen-bond donors (Lipinski definition) is 1. The summed E-state index contributed by atoms with van der Waals surface area (Å²) in [5.74, 6) is 0. The summed E-state index contributed by atoms with van der Waals surface area (Å²) in [5, 5.41) is 14.4. The van der Waals surface area contributed by atoms with Crippen LogP contribution in [0.2, 0.25) is 0 Å². The normalized spacial score (nSPS) is 11.2. The molecule has 0 saturated carbocycles. The molecule has 0 fully saturated rings. The number of benzene rings is 3. The van der Waals surface area contributed by atoms with Crippen LogP contribution in [0.4, 0.5) is 0 Å². The molecule has 0 amide bonds. The number of aliphatic hydroxyl groups excluding tert-OH is 1. The van der Waals surface area contributed by atoms with E-state index in [-0.39, 0.29) is 6.61 Å². The minimum atomic E-state index is 0.0860. The quantitative estimate of drug-likeness (QED) is 0.621. The smallest absolute Gasteiger partial charge is 0.0694 e. The fourth-order valence-corrected chi connectivity index (χ4v) is 2.59. The highest BCUT2D eigenvalue weighted by Crippen LogP contribution is 2.30. The predicted molar refractivity (Wildman–Crippen MR) is 72.1 cm³/mol. The van der Waals surface area contributed by atoms with Gasteiger partial charge < -0.3 is 5.11 Å². The average Bonchev–Trinajstić information content (AvgIpc) is 2.36. The summed E-state index contributed by atoms with van der Waals surface area (Å²) in [6.45, 7) is 2.18. The zero-order chi connectivity index (χ0) is 11.8. The number of aryl methyl sites for hydroxylation is 1. The molecule has 3 aromatic rings. The average molecular weight is 222 g/mol. The Bertz CT molecular complexity index is 698. The van der Waals surface area contributed by atoms with E-state index in [2.05, 4.69) is 43.3 Å². The zero-order valence-corrected chi connectivity index (χ0v) is 9.77. The van der Waals surface area contributed by atoms with Crippen LogP contribution in [-0.4, -0.2) is 5.11 Å². The highest BCUT2D eigenvalue weighted by Gasteiger charge is 2.07. The topological polar surface area (TPSA) is 20.2 Å². The molecule has 1 nitrogen and oxygen atoms in total. The molecular formula is C16H14O. The van der Waals surface area contributed by atoms with Crippen molar-refractivity contribution in [3.8, 4) is 0 Å². The molecule has 0 unspecified atom stereocenters. The van der Waals surface area contributed by atoms with Crippen molar-refractivity contribution in [1.29, 1.82) is 0 Å². The van der Waals surface area contributed by atoms with Gasteiger partial charge in [-0.2, -0.15) is 0 Å². The Morgan fingerprint density at radius 1 is 0.941 bits per heavy atom. The summed E-state index contributed by atoms with van der Waals surface area (Å²) in [6, 6.07) is 16.7. The molecule has 3 aromatic carbocycles. The van der Waals surface area contributed by atoms with Crippen LogP contribution in [-0.2, 0) is 6.61 Å². The molecule has 0 saturated heterocycles. The molecule has 1 N–H and O–H groups in total. The summed E-state index contributed by atoms with van der Waals surface area (Å²) in [4.78, 5) is 0. The third-order valence-electron chi connectivity index (χ3n) is 3.36. The van der Waals surface area contributed by atoms with Crippen molar-refractivity contribution in [2.24, 2.45) is 0 Å². The van der Waals surface area contributed by atoms with Crippen LogP contribution in [0.15, 0.2) is 48.5 Å². The van der Waals surface area contributed by atoms with Gasteiger partial charge in [-0.3, -0.25) is 0 Å². The third-order valence-corrected chi connectivity index (χ3v) is 3.36. The zero-order valence-electron chi connectivity index (χ0n) is 9.77. The number of rotatable bonds is 1. The predicted octanol–water partition coefficient (Wildman–Crippen LogP) is 3.79. The van der Waals surface area contributed by atoms with E-state index in [1.54, 1.807) is 0 Å². The number of aliphatic hydroxyl groups is 1. The highest BCUT2D eigenvalue weighted by molar-refractivity contribution is 6.03. The van der Waals surface area contributed by atoms with E-state index in [0.29, 0.717) is 0 Å². The van der Waals surface area contributed by atoms with Gasteiger partial charge in [0.05, 0.1) is 6.61 Å². The lowest BCUT2D eigenvalue weighted by molar-refractivity contribution is 0.285. The molecule has 84 valence electrons. The summed E-state index contributed by atoms with van der Waals surface area (Å²) < 4.78 is 0. The highest BCUT2D eigenvalue weighted by atomic mass is 16.3. The molecule has 0 heterocycles. The molecule has 0 bridgehead atoms. The Morgan fingerprint density at radius 2 is 1.71 bits per heavy atom. The van der Waals surface area contributed by atoms with E-state index in [0.717, 1.165) is 10.9 Å². The maximum absolute atomic E-state index is 9.66. The minimum Gasteiger partial charge on any atom is -0.392 e. The van der Waals surface area contributed by atoms with Crippen molar-refractivity contribution in [2.45, 2.75) is 13.5 Å². The van der Waals surface area contributed by atoms with Gasteiger partial charge in [-0.05, 0) is 45.7 Å². The van der Waals surface area contributed by atoms with Gasteiger partial charge >= 0.3 is 0 Å². The lowest BCUT2D eigenvalue weighted by atomic mass is 9.94. The molecule has 0 radical (unpaired) electrons. The molecular weight excluding hydrogens is 208 g/mol. The first-order valence-corrected chi connectivity index (χ1v) is 5.82. The number of hydrogen-bond acceptors (Lipinski definition) is 1. The molecule has 0 aliphatic heterocycles. The molecule has 3 rings (SSSR count). The van der Waals surface area contributed by atoms with Gasteiger partial charge in [0.1, 0.15) is 0 Å². The SMILES string of the molecule is Cc1cccc2cc3ccccc3c(CO)c12. The Morgan fingerprint density at radius 3 is 2.53 bits per heavy atom. The molecule has 0 aliphatic rings. The first-order valence-electron chi connectivity index (χ1n) is 5.82. The van der Waals surface area contributed by atoms with Crippen LogP contribution >= 0.6 is 0 Å². The fraction of sp³-hybridized carbons (Fsp3) is 0.125. The lowest BCUT2D eigenvalue weighted by Crippen LogP contribution is -1.91. The molecule has 1 heteroatoms. The van der Waals surface area contributed by atoms with E-state index < -0.39 is 0 Å². The molecule has 0 aromatic heterocycles. The van der Waals surface area contributed by atoms with Crippen molar-refractivity contribution in [2.75, 3.05) is 0 Å². The van der Waals surface area contributed by atoms with E-state index in [1.807, 2.05) is 12.1 Å². The van der Waals surface area contributed by atoms with E-state index in [9.17, 15) is 5.11 Å². The van der Waals surface area contributed by atoms with Crippen molar-refractivity contribution in [3.63, 3.8) is 0 Å². The number of fused-ring (bicyclic) bond motifs is 2. The maximum Gasteiger partial charge on any atom is 0.0694 e. The largest absolute Gasteiger partial charge is 0.392 e. The van der Waals surface area contributed by atoms with Crippen LogP contribution in [0.1, 0.15) is 11.1 Å². The van der Waals surface area contributed by atoms with Gasteiger partial charge in [0.2, 0.25) is 0 Å². The third kappa shape index (κ3) is 1.51. The summed E-state index contributed by atoms with van der Waals surface area (Å²) in [7, 11) is 0. The Kier molecular flexibility index (Phi) is 2.34. The Balaban J connectivity index is 2.59. The Hall–Kier alpha value is -1.86. The summed E-state index contributed by atoms with van der Waals surface area (Å²) in [6.07, 6.45) is 0. The molecule has 0 aliphatic carbocycles. The fourth-order valence-electron chi connectivity index (χ4n) is 2.59. The second-order valence-corrected chi connectivity index (χ2v) is 4.41. The minimum absolute atomic E-state index is 0.0860. The first-order chi connectivity index (χ1) is 8.31. The van der Waals surface area contributed by atoms with Crippen LogP contribution in [0.5, 0.6) is 0 Å². The van der Waals surface area contributed by atoms with Gasteiger partial charge in [-0.15, -0.1) is 0 Å². The van der Waals surface area contributed by atoms with E-state index in [4.69, 9.17) is 0 Å². The molecule has 17 heavy (non-hydrogen) atoms. The second-order valence-electron chi connectivity index (χ2n) is 4.41. The van der Waals surface area contributed by atoms with E-state index in [1.165, 1.54) is 21.7 Å². The van der Waals surface area contributed by atoms with Crippen LogP contribution in [0, 0.1) is 6.92 Å². The van der Waals surface area contributed by atoms with Gasteiger partial charge in [0.15, 0.2) is 0 Å². The van der Waals surface area contributed by atoms with Crippen LogP contribution < -0.4 is 0 Å². The monoisotopic (exact) mass is 222 g/mol. The van der Waals surface area contributed by atoms with Crippen molar-refractivity contribution in [3.05, 3.63) is 59.7 Å². The van der Waals surface area contributed by atoms with Crippen LogP contribution in [0.25, 0.3) is 21.5 Å². The van der Waals surface area contributed by atoms with Gasteiger partial charge in [0, 0.05) is 0 Å². The van der Waals surface area contributed by atoms with E-state index >= 15 is 0 Å². The Labute approximate surface area is 100 Å². The maximum atomic E-state index is 9.66. The standard InChI is InChI=1S/C16H14O/c1-11-5-4-7-13-9-12-6-2-3-8-14(12)15(10-17)16(11)13/h2-9,17H,10H2,1H3. The summed E-state index contributed by atoms with van der Waals surface area (Å²) in [5.41, 5.74) is 2.26. The molecule has 0 atom stereocenters. The lowest BCUT2D eigenvalue weighted by Gasteiger charge is -2.11. The van der Waals surface area contributed by atoms with Crippen LogP contribution in [0.3, 0.4) is 0 Å². The second kappa shape index (κ2) is 3.86. The molecule has 0 spiro atoms. The summed E-state index contributed by atoms with van der Waals surface area (Å²) >= 11 is 0. The van der Waals surface area contributed by atoms with Gasteiger partial charge in [0.25, 0.3) is 0 Å². The first kappa shape index (κ1) is 10.3. The van der Waals surface area contributed by atoms with Gasteiger partial charge in [-0.25, -0.2) is 0 Å².